The van der Waals surface area contributed by atoms with E-state index in [4.69, 9.17) is 11.6 Å². The second-order valence-corrected chi connectivity index (χ2v) is 8.35. The van der Waals surface area contributed by atoms with Crippen molar-refractivity contribution in [3.05, 3.63) is 33.2 Å². The van der Waals surface area contributed by atoms with Crippen molar-refractivity contribution in [1.82, 2.24) is 14.5 Å². The zero-order valence-electron chi connectivity index (χ0n) is 15.2. The topological polar surface area (TPSA) is 64.8 Å². The first kappa shape index (κ1) is 17.6. The van der Waals surface area contributed by atoms with Gasteiger partial charge in [-0.1, -0.05) is 18.5 Å². The maximum Gasteiger partial charge on any atom is 0.326 e. The standard InChI is InChI=1S/C20H25ClN4O/c1-13-2-4-15(5-3-13)24-8-6-16(7-9-24)25-19-10-14(12-22)17(21)11-18(19)23-20(25)26/h10-11,13,15-16H,2-9H2,1H3,(H,23,26)/t13-,15-. The third-order valence-electron chi connectivity index (χ3n) is 6.29. The molecule has 1 aliphatic carbocycles. The molecule has 1 saturated carbocycles. The second-order valence-electron chi connectivity index (χ2n) is 7.94. The summed E-state index contributed by atoms with van der Waals surface area (Å²) < 4.78 is 1.84. The zero-order chi connectivity index (χ0) is 18.3. The lowest BCUT2D eigenvalue weighted by molar-refractivity contribution is 0.0989. The molecule has 6 heteroatoms. The number of hydrogen-bond acceptors (Lipinski definition) is 3. The van der Waals surface area contributed by atoms with E-state index < -0.39 is 0 Å². The van der Waals surface area contributed by atoms with E-state index in [9.17, 15) is 10.1 Å². The van der Waals surface area contributed by atoms with Crippen LogP contribution < -0.4 is 5.69 Å². The fraction of sp³-hybridized carbons (Fsp3) is 0.600. The molecule has 4 rings (SSSR count). The normalized spacial score (nSPS) is 25.4. The molecule has 0 radical (unpaired) electrons. The summed E-state index contributed by atoms with van der Waals surface area (Å²) in [6.45, 7) is 4.44. The predicted molar refractivity (Wildman–Crippen MR) is 104 cm³/mol. The number of halogens is 1. The third-order valence-corrected chi connectivity index (χ3v) is 6.60. The molecule has 1 aromatic heterocycles. The second kappa shape index (κ2) is 7.09. The number of piperidine rings is 1. The quantitative estimate of drug-likeness (QED) is 0.864. The molecule has 0 amide bonds. The summed E-state index contributed by atoms with van der Waals surface area (Å²) in [5, 5.41) is 9.63. The highest BCUT2D eigenvalue weighted by Gasteiger charge is 2.29. The molecule has 1 saturated heterocycles. The predicted octanol–water partition coefficient (Wildman–Crippen LogP) is 4.07. The highest BCUT2D eigenvalue weighted by atomic mass is 35.5. The van der Waals surface area contributed by atoms with Crippen molar-refractivity contribution in [2.24, 2.45) is 5.92 Å². The summed E-state index contributed by atoms with van der Waals surface area (Å²) in [6, 6.07) is 6.44. The fourth-order valence-corrected chi connectivity index (χ4v) is 4.92. The van der Waals surface area contributed by atoms with Crippen molar-refractivity contribution in [3.8, 4) is 6.07 Å². The maximum atomic E-state index is 12.5. The Morgan fingerprint density at radius 2 is 1.81 bits per heavy atom. The van der Waals surface area contributed by atoms with Gasteiger partial charge in [0.25, 0.3) is 0 Å². The third kappa shape index (κ3) is 3.17. The van der Waals surface area contributed by atoms with E-state index in [1.807, 2.05) is 4.57 Å². The van der Waals surface area contributed by atoms with Crippen LogP contribution in [0.25, 0.3) is 11.0 Å². The van der Waals surface area contributed by atoms with E-state index >= 15 is 0 Å². The minimum Gasteiger partial charge on any atom is -0.305 e. The fourth-order valence-electron chi connectivity index (χ4n) is 4.71. The van der Waals surface area contributed by atoms with E-state index in [0.29, 0.717) is 16.1 Å². The average Bonchev–Trinajstić information content (AvgIpc) is 2.96. The number of rotatable bonds is 2. The first-order valence-corrected chi connectivity index (χ1v) is 10.0. The summed E-state index contributed by atoms with van der Waals surface area (Å²) in [7, 11) is 0. The van der Waals surface area contributed by atoms with Crippen LogP contribution in [-0.2, 0) is 0 Å². The number of likely N-dealkylation sites (tertiary alicyclic amines) is 1. The van der Waals surface area contributed by atoms with Crippen molar-refractivity contribution >= 4 is 22.6 Å². The van der Waals surface area contributed by atoms with Gasteiger partial charge in [-0.05, 0) is 56.6 Å². The van der Waals surface area contributed by atoms with Gasteiger partial charge in [0.15, 0.2) is 0 Å². The van der Waals surface area contributed by atoms with E-state index in [-0.39, 0.29) is 11.7 Å². The Labute approximate surface area is 158 Å². The van der Waals surface area contributed by atoms with Crippen molar-refractivity contribution in [1.29, 1.82) is 5.26 Å². The monoisotopic (exact) mass is 372 g/mol. The molecule has 1 N–H and O–H groups in total. The Morgan fingerprint density at radius 1 is 1.12 bits per heavy atom. The number of nitrogens with one attached hydrogen (secondary N) is 1. The maximum absolute atomic E-state index is 12.5. The Kier molecular flexibility index (Phi) is 4.81. The first-order chi connectivity index (χ1) is 12.6. The average molecular weight is 373 g/mol. The molecule has 1 aromatic carbocycles. The molecule has 0 unspecified atom stereocenters. The van der Waals surface area contributed by atoms with Crippen molar-refractivity contribution in [2.45, 2.75) is 57.5 Å². The Balaban J connectivity index is 1.53. The molecule has 138 valence electrons. The van der Waals surface area contributed by atoms with Gasteiger partial charge in [0.2, 0.25) is 0 Å². The first-order valence-electron chi connectivity index (χ1n) is 9.64. The summed E-state index contributed by atoms with van der Waals surface area (Å²) in [5.74, 6) is 0.870. The molecule has 2 heterocycles. The van der Waals surface area contributed by atoms with Gasteiger partial charge in [-0.2, -0.15) is 5.26 Å². The van der Waals surface area contributed by atoms with Crippen LogP contribution in [0.5, 0.6) is 0 Å². The van der Waals surface area contributed by atoms with Gasteiger partial charge < -0.3 is 9.88 Å². The van der Waals surface area contributed by atoms with Crippen LogP contribution >= 0.6 is 11.6 Å². The van der Waals surface area contributed by atoms with Gasteiger partial charge in [-0.15, -0.1) is 0 Å². The highest BCUT2D eigenvalue weighted by Crippen LogP contribution is 2.32. The van der Waals surface area contributed by atoms with Crippen LogP contribution in [0, 0.1) is 17.2 Å². The lowest BCUT2D eigenvalue weighted by Gasteiger charge is -2.40. The van der Waals surface area contributed by atoms with Crippen LogP contribution in [0.1, 0.15) is 57.1 Å². The molecule has 2 fully saturated rings. The lowest BCUT2D eigenvalue weighted by Crippen LogP contribution is -2.44. The molecule has 2 aromatic rings. The molecular formula is C20H25ClN4O. The van der Waals surface area contributed by atoms with Crippen molar-refractivity contribution in [2.75, 3.05) is 13.1 Å². The van der Waals surface area contributed by atoms with Crippen molar-refractivity contribution < 1.29 is 0 Å². The van der Waals surface area contributed by atoms with Crippen LogP contribution in [0.15, 0.2) is 16.9 Å². The van der Waals surface area contributed by atoms with E-state index in [1.54, 1.807) is 12.1 Å². The van der Waals surface area contributed by atoms with Gasteiger partial charge >= 0.3 is 5.69 Å². The summed E-state index contributed by atoms with van der Waals surface area (Å²) in [5.41, 5.74) is 1.82. The minimum absolute atomic E-state index is 0.101. The minimum atomic E-state index is -0.101. The van der Waals surface area contributed by atoms with E-state index in [1.165, 1.54) is 25.7 Å². The number of hydrogen-bond donors (Lipinski definition) is 1. The van der Waals surface area contributed by atoms with Crippen molar-refractivity contribution in [3.63, 3.8) is 0 Å². The number of H-pyrrole nitrogens is 1. The van der Waals surface area contributed by atoms with Crippen LogP contribution in [0.2, 0.25) is 5.02 Å². The molecule has 5 nitrogen and oxygen atoms in total. The Morgan fingerprint density at radius 3 is 2.46 bits per heavy atom. The number of fused-ring (bicyclic) bond motifs is 1. The summed E-state index contributed by atoms with van der Waals surface area (Å²) in [6.07, 6.45) is 7.24. The van der Waals surface area contributed by atoms with E-state index in [0.717, 1.165) is 43.4 Å². The van der Waals surface area contributed by atoms with E-state index in [2.05, 4.69) is 22.9 Å². The Bertz CT molecular complexity index is 893. The van der Waals surface area contributed by atoms with Gasteiger partial charge in [0.05, 0.1) is 21.6 Å². The molecular weight excluding hydrogens is 348 g/mol. The van der Waals surface area contributed by atoms with Gasteiger partial charge in [-0.25, -0.2) is 4.79 Å². The number of imidazole rings is 1. The highest BCUT2D eigenvalue weighted by molar-refractivity contribution is 6.32. The van der Waals surface area contributed by atoms with Gasteiger partial charge in [0, 0.05) is 25.2 Å². The van der Waals surface area contributed by atoms with Crippen LogP contribution in [0.3, 0.4) is 0 Å². The number of aromatic amines is 1. The Hall–Kier alpha value is -1.77. The molecule has 26 heavy (non-hydrogen) atoms. The van der Waals surface area contributed by atoms with Crippen LogP contribution in [-0.4, -0.2) is 33.6 Å². The number of aromatic nitrogens is 2. The number of nitrogens with zero attached hydrogens (tertiary/aromatic N) is 3. The molecule has 0 spiro atoms. The summed E-state index contributed by atoms with van der Waals surface area (Å²) >= 11 is 6.11. The summed E-state index contributed by atoms with van der Waals surface area (Å²) in [4.78, 5) is 18.1. The molecule has 2 aliphatic rings. The lowest BCUT2D eigenvalue weighted by atomic mass is 9.85. The number of nitriles is 1. The smallest absolute Gasteiger partial charge is 0.305 e. The molecule has 1 aliphatic heterocycles. The number of benzene rings is 1. The van der Waals surface area contributed by atoms with Crippen LogP contribution in [0.4, 0.5) is 0 Å². The molecule has 0 atom stereocenters. The SMILES string of the molecule is C[C@H]1CC[C@H](N2CCC(n3c(=O)[nH]c4cc(Cl)c(C#N)cc43)CC2)CC1. The zero-order valence-corrected chi connectivity index (χ0v) is 15.9. The van der Waals surface area contributed by atoms with Gasteiger partial charge in [0.1, 0.15) is 6.07 Å². The molecule has 0 bridgehead atoms. The largest absolute Gasteiger partial charge is 0.326 e. The van der Waals surface area contributed by atoms with Gasteiger partial charge in [-0.3, -0.25) is 4.57 Å².